The van der Waals surface area contributed by atoms with Crippen LogP contribution >= 0.6 is 0 Å². The van der Waals surface area contributed by atoms with Crippen LogP contribution in [0.1, 0.15) is 12.8 Å². The van der Waals surface area contributed by atoms with Gasteiger partial charge in [-0.15, -0.1) is 0 Å². The van der Waals surface area contributed by atoms with Crippen LogP contribution in [0.15, 0.2) is 12.2 Å². The van der Waals surface area contributed by atoms with Gasteiger partial charge in [0.25, 0.3) is 0 Å². The van der Waals surface area contributed by atoms with Gasteiger partial charge < -0.3 is 9.47 Å². The van der Waals surface area contributed by atoms with Crippen LogP contribution < -0.4 is 0 Å². The highest BCUT2D eigenvalue weighted by Gasteiger charge is 2.94. The SMILES string of the molecule is O=C(/C=C/C(=O)OCCC(F)(F)C(F)(F)C(F)(F)C(F)(F)C(F)(F)C(F)(F)C(F)(F)F)OCCC(F)(F)C(F)(F)C(F)(F)C(F)(F)C(F)(F)C(F)(F)C(F)(F)F. The summed E-state index contributed by atoms with van der Waals surface area (Å²) in [5.74, 6) is -103. The third-order valence-corrected chi connectivity index (χ3v) is 6.46. The van der Waals surface area contributed by atoms with Crippen molar-refractivity contribution in [1.82, 2.24) is 0 Å². The van der Waals surface area contributed by atoms with Crippen molar-refractivity contribution in [3.63, 3.8) is 0 Å². The summed E-state index contributed by atoms with van der Waals surface area (Å²) in [5.41, 5.74) is 0. The molecule has 0 aromatic heterocycles. The zero-order valence-corrected chi connectivity index (χ0v) is 25.0. The highest BCUT2D eigenvalue weighted by Crippen LogP contribution is 2.64. The molecular formula is C22H10F30O4. The standard InChI is InChI=1S/C22H10F30O4/c23-9(24,11(27,28)13(31,32)15(35,36)17(39,40)19(43,44)21(47,48)49)3-5-55-7(53)1-2-8(54)56-6-4-10(25,26)12(29,30)14(33,34)16(37,38)18(41,42)20(45,46)22(50,51)52/h1-2H,3-6H2/b2-1+. The minimum Gasteiger partial charge on any atom is -0.462 e. The third kappa shape index (κ3) is 8.14. The summed E-state index contributed by atoms with van der Waals surface area (Å²) in [6.45, 7) is -5.04. The summed E-state index contributed by atoms with van der Waals surface area (Å²) in [6.07, 6.45) is -23.5. The highest BCUT2D eigenvalue weighted by molar-refractivity contribution is 5.91. The van der Waals surface area contributed by atoms with Gasteiger partial charge in [0.1, 0.15) is 0 Å². The van der Waals surface area contributed by atoms with E-state index < -0.39 is 134 Å². The summed E-state index contributed by atoms with van der Waals surface area (Å²) in [6, 6.07) is 0. The quantitative estimate of drug-likeness (QED) is 0.0781. The zero-order valence-electron chi connectivity index (χ0n) is 25.0. The van der Waals surface area contributed by atoms with Crippen molar-refractivity contribution in [2.24, 2.45) is 0 Å². The van der Waals surface area contributed by atoms with Gasteiger partial charge in [-0.3, -0.25) is 0 Å². The molecule has 0 aromatic rings. The molecule has 0 atom stereocenters. The fourth-order valence-electron chi connectivity index (χ4n) is 3.10. The molecule has 0 fully saturated rings. The molecule has 56 heavy (non-hydrogen) atoms. The molecule has 0 spiro atoms. The Hall–Kier alpha value is -3.42. The third-order valence-electron chi connectivity index (χ3n) is 6.46. The van der Waals surface area contributed by atoms with Gasteiger partial charge in [0.2, 0.25) is 0 Å². The van der Waals surface area contributed by atoms with Crippen molar-refractivity contribution in [3.05, 3.63) is 12.2 Å². The Bertz CT molecular complexity index is 1330. The summed E-state index contributed by atoms with van der Waals surface area (Å²) in [5, 5.41) is 0. The number of hydrogen-bond acceptors (Lipinski definition) is 4. The van der Waals surface area contributed by atoms with E-state index in [0.29, 0.717) is 0 Å². The van der Waals surface area contributed by atoms with E-state index in [9.17, 15) is 141 Å². The maximum atomic E-state index is 13.7. The van der Waals surface area contributed by atoms with E-state index in [1.807, 2.05) is 0 Å². The summed E-state index contributed by atoms with van der Waals surface area (Å²) in [7, 11) is 0. The number of carbonyl (C=O) groups is 2. The molecule has 0 N–H and O–H groups in total. The maximum absolute atomic E-state index is 13.7. The Kier molecular flexibility index (Phi) is 13.9. The fraction of sp³-hybridized carbons (Fsp3) is 0.818. The first kappa shape index (κ1) is 52.6. The Morgan fingerprint density at radius 2 is 0.482 bits per heavy atom. The first-order valence-corrected chi connectivity index (χ1v) is 12.7. The van der Waals surface area contributed by atoms with Gasteiger partial charge in [0, 0.05) is 12.2 Å². The van der Waals surface area contributed by atoms with Crippen LogP contribution in [-0.2, 0) is 19.1 Å². The topological polar surface area (TPSA) is 52.6 Å². The molecule has 0 saturated carbocycles. The Morgan fingerprint density at radius 3 is 0.679 bits per heavy atom. The molecule has 0 amide bonds. The average molecular weight is 908 g/mol. The van der Waals surface area contributed by atoms with Crippen molar-refractivity contribution in [3.8, 4) is 0 Å². The molecule has 34 heteroatoms. The van der Waals surface area contributed by atoms with Crippen LogP contribution in [0.3, 0.4) is 0 Å². The monoisotopic (exact) mass is 908 g/mol. The molecule has 0 aliphatic carbocycles. The Balaban J connectivity index is 5.74. The number of hydrogen-bond donors (Lipinski definition) is 0. The molecule has 0 saturated heterocycles. The molecule has 0 aliphatic rings. The molecule has 0 radical (unpaired) electrons. The van der Waals surface area contributed by atoms with Crippen molar-refractivity contribution < 1.29 is 151 Å². The summed E-state index contributed by atoms with van der Waals surface area (Å²) in [4.78, 5) is 22.6. The van der Waals surface area contributed by atoms with E-state index in [4.69, 9.17) is 0 Å². The summed E-state index contributed by atoms with van der Waals surface area (Å²) < 4.78 is 401. The molecular weight excluding hydrogens is 898 g/mol. The van der Waals surface area contributed by atoms with Crippen molar-refractivity contribution in [1.29, 1.82) is 0 Å². The maximum Gasteiger partial charge on any atom is 0.460 e. The van der Waals surface area contributed by atoms with E-state index in [2.05, 4.69) is 9.47 Å². The number of ether oxygens (including phenoxy) is 2. The van der Waals surface area contributed by atoms with Gasteiger partial charge in [-0.2, -0.15) is 132 Å². The summed E-state index contributed by atoms with van der Waals surface area (Å²) >= 11 is 0. The second-order valence-electron chi connectivity index (χ2n) is 10.3. The first-order valence-electron chi connectivity index (χ1n) is 12.7. The molecule has 332 valence electrons. The fourth-order valence-corrected chi connectivity index (χ4v) is 3.10. The average Bonchev–Trinajstić information content (AvgIpc) is 2.97. The molecule has 4 nitrogen and oxygen atoms in total. The Morgan fingerprint density at radius 1 is 0.304 bits per heavy atom. The lowest BCUT2D eigenvalue weighted by Gasteiger charge is -2.41. The smallest absolute Gasteiger partial charge is 0.460 e. The molecule has 0 aromatic carbocycles. The number of alkyl halides is 30. The van der Waals surface area contributed by atoms with Crippen LogP contribution in [0.5, 0.6) is 0 Å². The second kappa shape index (κ2) is 14.8. The van der Waals surface area contributed by atoms with Gasteiger partial charge in [0.15, 0.2) is 0 Å². The van der Waals surface area contributed by atoms with E-state index >= 15 is 0 Å². The van der Waals surface area contributed by atoms with E-state index in [1.54, 1.807) is 0 Å². The predicted octanol–water partition coefficient (Wildman–Crippen LogP) is 10.2. The lowest BCUT2D eigenvalue weighted by molar-refractivity contribution is -0.452. The van der Waals surface area contributed by atoms with Crippen molar-refractivity contribution in [2.45, 2.75) is 96.3 Å². The molecule has 0 bridgehead atoms. The minimum atomic E-state index is -8.67. The normalized spacial score (nSPS) is 16.0. The van der Waals surface area contributed by atoms with Gasteiger partial charge in [-0.25, -0.2) is 9.59 Å². The van der Waals surface area contributed by atoms with Crippen LogP contribution in [-0.4, -0.2) is 109 Å². The van der Waals surface area contributed by atoms with E-state index in [0.717, 1.165) is 0 Å². The largest absolute Gasteiger partial charge is 0.462 e. The zero-order chi connectivity index (χ0) is 45.8. The van der Waals surface area contributed by atoms with Crippen molar-refractivity contribution >= 4 is 11.9 Å². The van der Waals surface area contributed by atoms with Crippen LogP contribution in [0.25, 0.3) is 0 Å². The van der Waals surface area contributed by atoms with E-state index in [1.165, 1.54) is 0 Å². The number of halogens is 30. The highest BCUT2D eigenvalue weighted by atomic mass is 19.4. The lowest BCUT2D eigenvalue weighted by Crippen LogP contribution is -2.72. The van der Waals surface area contributed by atoms with E-state index in [-0.39, 0.29) is 0 Å². The number of carbonyl (C=O) groups excluding carboxylic acids is 2. The second-order valence-corrected chi connectivity index (χ2v) is 10.3. The van der Waals surface area contributed by atoms with Gasteiger partial charge >= 0.3 is 95.4 Å². The molecule has 0 unspecified atom stereocenters. The van der Waals surface area contributed by atoms with Crippen LogP contribution in [0, 0.1) is 0 Å². The molecule has 0 aliphatic heterocycles. The van der Waals surface area contributed by atoms with Gasteiger partial charge in [-0.05, 0) is 0 Å². The predicted molar refractivity (Wildman–Crippen MR) is 112 cm³/mol. The molecule has 0 rings (SSSR count). The molecule has 0 heterocycles. The number of rotatable bonds is 18. The van der Waals surface area contributed by atoms with Crippen molar-refractivity contribution in [2.75, 3.05) is 13.2 Å². The minimum absolute atomic E-state index is 0.578. The lowest BCUT2D eigenvalue weighted by atomic mass is 9.90. The Labute approximate surface area is 285 Å². The van der Waals surface area contributed by atoms with Crippen LogP contribution in [0.2, 0.25) is 0 Å². The number of esters is 2. The first-order chi connectivity index (χ1) is 24.0. The van der Waals surface area contributed by atoms with Gasteiger partial charge in [0.05, 0.1) is 26.1 Å². The van der Waals surface area contributed by atoms with Crippen LogP contribution in [0.4, 0.5) is 132 Å². The van der Waals surface area contributed by atoms with Gasteiger partial charge in [-0.1, -0.05) is 0 Å².